The van der Waals surface area contributed by atoms with Crippen molar-refractivity contribution in [2.24, 2.45) is 11.7 Å². The number of para-hydroxylation sites is 2. The molecule has 0 bridgehead atoms. The van der Waals surface area contributed by atoms with Crippen LogP contribution in [0.25, 0.3) is 21.8 Å². The average molecular weight is 720 g/mol. The summed E-state index contributed by atoms with van der Waals surface area (Å²) in [5.41, 5.74) is 9.18. The van der Waals surface area contributed by atoms with E-state index >= 15 is 0 Å². The van der Waals surface area contributed by atoms with Gasteiger partial charge in [-0.3, -0.25) is 24.0 Å². The summed E-state index contributed by atoms with van der Waals surface area (Å²) < 4.78 is 0. The number of fused-ring (bicyclic) bond motifs is 2. The summed E-state index contributed by atoms with van der Waals surface area (Å²) in [4.78, 5) is 83.4. The lowest BCUT2D eigenvalue weighted by molar-refractivity contribution is -0.143. The van der Waals surface area contributed by atoms with Gasteiger partial charge in [0.25, 0.3) is 0 Å². The highest BCUT2D eigenvalue weighted by molar-refractivity contribution is 5.96. The number of aromatic nitrogens is 2. The van der Waals surface area contributed by atoms with Crippen molar-refractivity contribution in [3.05, 3.63) is 72.1 Å². The Kier molecular flexibility index (Phi) is 13.1. The van der Waals surface area contributed by atoms with Crippen molar-refractivity contribution in [2.45, 2.75) is 82.8 Å². The van der Waals surface area contributed by atoms with E-state index in [-0.39, 0.29) is 19.3 Å². The molecule has 0 radical (unpaired) electrons. The van der Waals surface area contributed by atoms with Gasteiger partial charge in [0.05, 0.1) is 12.1 Å². The molecule has 0 fully saturated rings. The lowest BCUT2D eigenvalue weighted by Gasteiger charge is -2.28. The summed E-state index contributed by atoms with van der Waals surface area (Å²) in [6, 6.07) is 7.76. The molecule has 4 rings (SSSR count). The van der Waals surface area contributed by atoms with E-state index in [1.807, 2.05) is 42.5 Å². The van der Waals surface area contributed by atoms with Crippen molar-refractivity contribution in [1.82, 2.24) is 31.2 Å². The summed E-state index contributed by atoms with van der Waals surface area (Å²) >= 11 is 0. The number of hydrogen-bond donors (Lipinski definition) is 10. The first-order valence-electron chi connectivity index (χ1n) is 16.9. The Labute approximate surface area is 298 Å². The molecule has 16 nitrogen and oxygen atoms in total. The number of carbonyl (C=O) groups excluding carboxylic acids is 4. The number of aromatic amines is 2. The first-order valence-corrected chi connectivity index (χ1v) is 16.9. The van der Waals surface area contributed by atoms with E-state index in [1.165, 1.54) is 6.92 Å². The van der Waals surface area contributed by atoms with Gasteiger partial charge in [-0.1, -0.05) is 50.2 Å². The minimum atomic E-state index is -1.67. The van der Waals surface area contributed by atoms with Gasteiger partial charge in [-0.25, -0.2) is 4.79 Å². The molecule has 2 aromatic heterocycles. The molecule has 11 N–H and O–H groups in total. The largest absolute Gasteiger partial charge is 0.481 e. The van der Waals surface area contributed by atoms with Gasteiger partial charge in [-0.2, -0.15) is 0 Å². The summed E-state index contributed by atoms with van der Waals surface area (Å²) in [5, 5.41) is 41.1. The van der Waals surface area contributed by atoms with E-state index in [1.54, 1.807) is 32.3 Å². The van der Waals surface area contributed by atoms with Gasteiger partial charge in [0, 0.05) is 47.0 Å². The van der Waals surface area contributed by atoms with Crippen LogP contribution in [0.15, 0.2) is 60.9 Å². The van der Waals surface area contributed by atoms with Gasteiger partial charge in [0.2, 0.25) is 23.6 Å². The van der Waals surface area contributed by atoms with Crippen LogP contribution in [0, 0.1) is 5.92 Å². The summed E-state index contributed by atoms with van der Waals surface area (Å²) in [6.45, 7) is 4.44. The molecule has 16 heteroatoms. The zero-order chi connectivity index (χ0) is 38.1. The van der Waals surface area contributed by atoms with Crippen molar-refractivity contribution in [1.29, 1.82) is 0 Å². The molecule has 0 saturated carbocycles. The van der Waals surface area contributed by atoms with Crippen molar-refractivity contribution >= 4 is 57.4 Å². The molecule has 2 heterocycles. The number of aliphatic hydroxyl groups is 1. The standard InChI is InChI=1S/C36H45N7O9/c1-18(2)30(36(51)52)42-34(49)28(15-21-17-39-26-11-7-5-9-23(21)26)41-35(50)31(19(3)44)43-33(48)27(12-13-29(45)46)40-32(47)24(37)14-20-16-38-25-10-6-4-8-22(20)25/h4-11,16-19,24,27-28,30-31,38-39,44H,12-15,37H2,1-3H3,(H,40,47)(H,41,50)(H,42,49)(H,43,48)(H,45,46)(H,51,52)/t19-,24+,27+,28+,30+,31+/m1/s1. The van der Waals surface area contributed by atoms with Gasteiger partial charge in [0.15, 0.2) is 0 Å². The number of carboxylic acid groups (broad SMARTS) is 2. The topological polar surface area (TPSA) is 269 Å². The number of hydrogen-bond acceptors (Lipinski definition) is 8. The zero-order valence-electron chi connectivity index (χ0n) is 29.0. The maximum atomic E-state index is 13.7. The molecule has 0 spiro atoms. The van der Waals surface area contributed by atoms with Gasteiger partial charge in [-0.05, 0) is 48.9 Å². The molecule has 52 heavy (non-hydrogen) atoms. The van der Waals surface area contributed by atoms with Crippen molar-refractivity contribution in [3.8, 4) is 0 Å². The predicted octanol–water partition coefficient (Wildman–Crippen LogP) is 0.687. The summed E-state index contributed by atoms with van der Waals surface area (Å²) in [5.74, 6) is -6.53. The van der Waals surface area contributed by atoms with E-state index in [4.69, 9.17) is 5.73 Å². The molecule has 0 aliphatic heterocycles. The molecular formula is C36H45N7O9. The number of nitrogens with one attached hydrogen (secondary N) is 6. The summed E-state index contributed by atoms with van der Waals surface area (Å²) in [6.07, 6.45) is 0.978. The van der Waals surface area contributed by atoms with Crippen molar-refractivity contribution in [3.63, 3.8) is 0 Å². The maximum Gasteiger partial charge on any atom is 0.326 e. The number of benzene rings is 2. The minimum absolute atomic E-state index is 0.0852. The Morgan fingerprint density at radius 1 is 0.673 bits per heavy atom. The SMILES string of the molecule is CC(C)[C@H](NC(=O)[C@H](Cc1c[nH]c2ccccc12)NC(=O)[C@@H](NC(=O)[C@H](CCC(=O)O)NC(=O)[C@@H](N)Cc1c[nH]c2ccccc12)[C@@H](C)O)C(=O)O. The average Bonchev–Trinajstić information content (AvgIpc) is 3.70. The van der Waals surface area contributed by atoms with Gasteiger partial charge in [0.1, 0.15) is 24.2 Å². The molecule has 4 aromatic rings. The number of amides is 4. The number of carboxylic acids is 2. The minimum Gasteiger partial charge on any atom is -0.481 e. The normalized spacial score (nSPS) is 14.9. The lowest BCUT2D eigenvalue weighted by atomic mass is 10.0. The van der Waals surface area contributed by atoms with Crippen LogP contribution in [0.1, 0.15) is 44.7 Å². The maximum absolute atomic E-state index is 13.7. The van der Waals surface area contributed by atoms with Gasteiger partial charge in [-0.15, -0.1) is 0 Å². The quantitative estimate of drug-likeness (QED) is 0.0687. The second-order valence-electron chi connectivity index (χ2n) is 13.1. The smallest absolute Gasteiger partial charge is 0.326 e. The Morgan fingerprint density at radius 2 is 1.17 bits per heavy atom. The van der Waals surface area contributed by atoms with E-state index in [0.29, 0.717) is 5.56 Å². The van der Waals surface area contributed by atoms with Crippen LogP contribution >= 0.6 is 0 Å². The van der Waals surface area contributed by atoms with Crippen LogP contribution in [-0.4, -0.2) is 97.2 Å². The second-order valence-corrected chi connectivity index (χ2v) is 13.1. The van der Waals surface area contributed by atoms with Gasteiger partial charge >= 0.3 is 11.9 Å². The van der Waals surface area contributed by atoms with Crippen LogP contribution in [0.2, 0.25) is 0 Å². The summed E-state index contributed by atoms with van der Waals surface area (Å²) in [7, 11) is 0. The highest BCUT2D eigenvalue weighted by atomic mass is 16.4. The van der Waals surface area contributed by atoms with Crippen LogP contribution in [0.5, 0.6) is 0 Å². The fourth-order valence-electron chi connectivity index (χ4n) is 5.86. The first kappa shape index (κ1) is 39.1. The Hall–Kier alpha value is -5.74. The van der Waals surface area contributed by atoms with Crippen LogP contribution in [-0.2, 0) is 41.6 Å². The molecule has 2 aromatic carbocycles. The molecule has 0 unspecified atom stereocenters. The van der Waals surface area contributed by atoms with E-state index in [0.717, 1.165) is 27.4 Å². The fourth-order valence-corrected chi connectivity index (χ4v) is 5.86. The highest BCUT2D eigenvalue weighted by Crippen LogP contribution is 2.20. The second kappa shape index (κ2) is 17.5. The number of carbonyl (C=O) groups is 6. The molecule has 0 saturated heterocycles. The van der Waals surface area contributed by atoms with Crippen LogP contribution < -0.4 is 27.0 Å². The fraction of sp³-hybridized carbons (Fsp3) is 0.389. The Morgan fingerprint density at radius 3 is 1.69 bits per heavy atom. The monoisotopic (exact) mass is 719 g/mol. The van der Waals surface area contributed by atoms with Gasteiger partial charge < -0.3 is 52.3 Å². The highest BCUT2D eigenvalue weighted by Gasteiger charge is 2.35. The third-order valence-corrected chi connectivity index (χ3v) is 8.76. The van der Waals surface area contributed by atoms with Crippen LogP contribution in [0.3, 0.4) is 0 Å². The molecule has 6 atom stereocenters. The predicted molar refractivity (Wildman–Crippen MR) is 191 cm³/mol. The molecule has 0 aliphatic carbocycles. The van der Waals surface area contributed by atoms with E-state index < -0.39 is 84.2 Å². The Balaban J connectivity index is 1.52. The van der Waals surface area contributed by atoms with E-state index in [9.17, 15) is 44.1 Å². The zero-order valence-corrected chi connectivity index (χ0v) is 29.0. The molecule has 0 aliphatic rings. The Bertz CT molecular complexity index is 1920. The first-order chi connectivity index (χ1) is 24.7. The number of H-pyrrole nitrogens is 2. The number of aliphatic hydroxyl groups excluding tert-OH is 1. The van der Waals surface area contributed by atoms with E-state index in [2.05, 4.69) is 31.2 Å². The third-order valence-electron chi connectivity index (χ3n) is 8.76. The van der Waals surface area contributed by atoms with Crippen molar-refractivity contribution in [2.75, 3.05) is 0 Å². The van der Waals surface area contributed by atoms with Crippen molar-refractivity contribution < 1.29 is 44.1 Å². The number of nitrogens with two attached hydrogens (primary N) is 1. The number of aliphatic carboxylic acids is 2. The third kappa shape index (κ3) is 9.95. The van der Waals surface area contributed by atoms with Crippen LogP contribution in [0.4, 0.5) is 0 Å². The lowest BCUT2D eigenvalue weighted by Crippen LogP contribution is -2.61. The molecular weight excluding hydrogens is 674 g/mol. The molecule has 278 valence electrons. The number of rotatable bonds is 18. The molecule has 4 amide bonds.